The quantitative estimate of drug-likeness (QED) is 0.0261. The van der Waals surface area contributed by atoms with E-state index < -0.39 is 6.10 Å². The van der Waals surface area contributed by atoms with Crippen LogP contribution < -0.4 is 0 Å². The highest BCUT2D eigenvalue weighted by atomic mass is 16.6. The summed E-state index contributed by atoms with van der Waals surface area (Å²) in [4.78, 5) is 38.4. The molecule has 0 heterocycles. The Morgan fingerprint density at radius 2 is 0.494 bits per heavy atom. The lowest BCUT2D eigenvalue weighted by atomic mass is 10.0. The van der Waals surface area contributed by atoms with Gasteiger partial charge < -0.3 is 14.2 Å². The predicted molar refractivity (Wildman–Crippen MR) is 344 cm³/mol. The average molecular weight is 1100 g/mol. The van der Waals surface area contributed by atoms with Crippen molar-refractivity contribution in [3.8, 4) is 0 Å². The number of hydrogen-bond acceptors (Lipinski definition) is 6. The molecule has 0 radical (unpaired) electrons. The summed E-state index contributed by atoms with van der Waals surface area (Å²) in [6.45, 7) is 6.54. The standard InChI is InChI=1S/C73H126O6/c1-4-7-10-13-16-19-22-25-28-30-32-34-35-36-37-39-40-42-45-48-51-54-57-60-63-66-72(75)78-69-70(68-77-71(74)65-62-59-56-53-50-47-44-27-24-21-18-15-12-9-6-3)79-73(76)67-64-61-58-55-52-49-46-43-41-38-33-31-29-26-23-20-17-14-11-8-5-2/h7,10,16,19,25,28,31-34,36-37,40,42,48,51,70H,4-6,8-9,11-15,17-18,20-24,26-27,29-30,35,38-39,41,43-47,49-50,52-69H2,1-3H3/b10-7-,19-16-,28-25-,33-31-,34-32-,37-36-,42-40-,51-48-. The summed E-state index contributed by atoms with van der Waals surface area (Å²) in [7, 11) is 0. The zero-order valence-electron chi connectivity index (χ0n) is 52.1. The molecule has 0 N–H and O–H groups in total. The Hall–Kier alpha value is -3.67. The molecule has 0 saturated heterocycles. The predicted octanol–water partition coefficient (Wildman–Crippen LogP) is 23.2. The van der Waals surface area contributed by atoms with Gasteiger partial charge in [0.05, 0.1) is 0 Å². The highest BCUT2D eigenvalue weighted by Gasteiger charge is 2.19. The van der Waals surface area contributed by atoms with E-state index in [4.69, 9.17) is 14.2 Å². The molecule has 1 atom stereocenters. The molecule has 0 rings (SSSR count). The maximum Gasteiger partial charge on any atom is 0.306 e. The van der Waals surface area contributed by atoms with Gasteiger partial charge >= 0.3 is 17.9 Å². The number of hydrogen-bond donors (Lipinski definition) is 0. The molecule has 0 aliphatic rings. The molecule has 0 spiro atoms. The van der Waals surface area contributed by atoms with E-state index >= 15 is 0 Å². The van der Waals surface area contributed by atoms with Crippen molar-refractivity contribution in [2.75, 3.05) is 13.2 Å². The maximum absolute atomic E-state index is 12.9. The zero-order chi connectivity index (χ0) is 57.1. The monoisotopic (exact) mass is 1100 g/mol. The van der Waals surface area contributed by atoms with Gasteiger partial charge in [-0.3, -0.25) is 14.4 Å². The molecule has 0 fully saturated rings. The van der Waals surface area contributed by atoms with Crippen molar-refractivity contribution in [2.24, 2.45) is 0 Å². The molecule has 6 heteroatoms. The molecule has 6 nitrogen and oxygen atoms in total. The fourth-order valence-corrected chi connectivity index (χ4v) is 9.54. The fraction of sp³-hybridized carbons (Fsp3) is 0.740. The Balaban J connectivity index is 4.42. The van der Waals surface area contributed by atoms with Crippen LogP contribution in [0.1, 0.15) is 329 Å². The van der Waals surface area contributed by atoms with E-state index in [-0.39, 0.29) is 31.1 Å². The van der Waals surface area contributed by atoms with Crippen LogP contribution in [0.2, 0.25) is 0 Å². The SMILES string of the molecule is CC/C=C\C/C=C\C/C=C\C/C=C\C/C=C\C/C=C\C/C=C\CCCCCC(=O)OCC(COC(=O)CCCCCCCCCCCCCCCCC)OC(=O)CCCCCCCCCCC/C=C\CCCCCCCCCC. The van der Waals surface area contributed by atoms with Gasteiger partial charge in [-0.15, -0.1) is 0 Å². The molecule has 0 saturated carbocycles. The van der Waals surface area contributed by atoms with Gasteiger partial charge in [-0.2, -0.15) is 0 Å². The van der Waals surface area contributed by atoms with Crippen LogP contribution in [0.3, 0.4) is 0 Å². The second-order valence-corrected chi connectivity index (χ2v) is 22.4. The molecule has 0 aromatic heterocycles. The number of carbonyl (C=O) groups is 3. The van der Waals surface area contributed by atoms with Crippen molar-refractivity contribution in [1.82, 2.24) is 0 Å². The zero-order valence-corrected chi connectivity index (χ0v) is 52.1. The Morgan fingerprint density at radius 1 is 0.266 bits per heavy atom. The van der Waals surface area contributed by atoms with E-state index in [9.17, 15) is 14.4 Å². The van der Waals surface area contributed by atoms with Gasteiger partial charge in [0.2, 0.25) is 0 Å². The van der Waals surface area contributed by atoms with Gasteiger partial charge in [0.1, 0.15) is 13.2 Å². The topological polar surface area (TPSA) is 78.9 Å². The first kappa shape index (κ1) is 75.3. The van der Waals surface area contributed by atoms with E-state index in [0.29, 0.717) is 19.3 Å². The molecule has 1 unspecified atom stereocenters. The Bertz CT molecular complexity index is 1540. The number of carbonyl (C=O) groups excluding carboxylic acids is 3. The highest BCUT2D eigenvalue weighted by molar-refractivity contribution is 5.71. The van der Waals surface area contributed by atoms with Gasteiger partial charge in [0.25, 0.3) is 0 Å². The van der Waals surface area contributed by atoms with Gasteiger partial charge in [-0.05, 0) is 103 Å². The molecule has 79 heavy (non-hydrogen) atoms. The van der Waals surface area contributed by atoms with Crippen LogP contribution in [0, 0.1) is 0 Å². The summed E-state index contributed by atoms with van der Waals surface area (Å²) in [6.07, 6.45) is 89.9. The third kappa shape index (κ3) is 65.0. The number of ether oxygens (including phenoxy) is 3. The minimum absolute atomic E-state index is 0.0862. The van der Waals surface area contributed by atoms with Crippen LogP contribution >= 0.6 is 0 Å². The number of rotatable bonds is 61. The van der Waals surface area contributed by atoms with Crippen LogP contribution in [-0.2, 0) is 28.6 Å². The molecular formula is C73H126O6. The van der Waals surface area contributed by atoms with Crippen LogP contribution in [0.15, 0.2) is 97.2 Å². The van der Waals surface area contributed by atoms with Gasteiger partial charge in [-0.25, -0.2) is 0 Å². The Labute approximate surface area is 489 Å². The lowest BCUT2D eigenvalue weighted by molar-refractivity contribution is -0.167. The van der Waals surface area contributed by atoms with E-state index in [0.717, 1.165) is 109 Å². The third-order valence-electron chi connectivity index (χ3n) is 14.6. The Morgan fingerprint density at radius 3 is 0.797 bits per heavy atom. The summed E-state index contributed by atoms with van der Waals surface area (Å²) in [6, 6.07) is 0. The molecule has 0 aliphatic heterocycles. The number of allylic oxidation sites excluding steroid dienone is 16. The average Bonchev–Trinajstić information content (AvgIpc) is 3.45. The fourth-order valence-electron chi connectivity index (χ4n) is 9.54. The first-order valence-corrected chi connectivity index (χ1v) is 33.7. The normalized spacial score (nSPS) is 12.7. The third-order valence-corrected chi connectivity index (χ3v) is 14.6. The molecule has 0 bridgehead atoms. The Kier molecular flexibility index (Phi) is 63.7. The van der Waals surface area contributed by atoms with Gasteiger partial charge in [-0.1, -0.05) is 304 Å². The van der Waals surface area contributed by atoms with E-state index in [2.05, 4.69) is 118 Å². The van der Waals surface area contributed by atoms with E-state index in [1.807, 2.05) is 0 Å². The van der Waals surface area contributed by atoms with Gasteiger partial charge in [0, 0.05) is 19.3 Å². The number of esters is 3. The summed E-state index contributed by atoms with van der Waals surface area (Å²) in [5.74, 6) is -0.908. The maximum atomic E-state index is 12.9. The van der Waals surface area contributed by atoms with Crippen molar-refractivity contribution in [1.29, 1.82) is 0 Å². The lowest BCUT2D eigenvalue weighted by Gasteiger charge is -2.18. The first-order chi connectivity index (χ1) is 39.0. The summed E-state index contributed by atoms with van der Waals surface area (Å²) < 4.78 is 16.9. The minimum Gasteiger partial charge on any atom is -0.462 e. The van der Waals surface area contributed by atoms with Crippen LogP contribution in [0.4, 0.5) is 0 Å². The highest BCUT2D eigenvalue weighted by Crippen LogP contribution is 2.17. The van der Waals surface area contributed by atoms with Crippen LogP contribution in [-0.4, -0.2) is 37.2 Å². The largest absolute Gasteiger partial charge is 0.462 e. The van der Waals surface area contributed by atoms with Crippen LogP contribution in [0.25, 0.3) is 0 Å². The molecule has 0 amide bonds. The van der Waals surface area contributed by atoms with Crippen molar-refractivity contribution in [3.05, 3.63) is 97.2 Å². The smallest absolute Gasteiger partial charge is 0.306 e. The van der Waals surface area contributed by atoms with E-state index in [1.54, 1.807) is 0 Å². The van der Waals surface area contributed by atoms with Crippen molar-refractivity contribution < 1.29 is 28.6 Å². The molecule has 0 aromatic rings. The second kappa shape index (κ2) is 66.8. The second-order valence-electron chi connectivity index (χ2n) is 22.4. The summed E-state index contributed by atoms with van der Waals surface area (Å²) >= 11 is 0. The molecular weight excluding hydrogens is 973 g/mol. The van der Waals surface area contributed by atoms with E-state index in [1.165, 1.54) is 180 Å². The first-order valence-electron chi connectivity index (χ1n) is 33.7. The molecule has 454 valence electrons. The lowest BCUT2D eigenvalue weighted by Crippen LogP contribution is -2.30. The van der Waals surface area contributed by atoms with Crippen molar-refractivity contribution in [3.63, 3.8) is 0 Å². The summed E-state index contributed by atoms with van der Waals surface area (Å²) in [5, 5.41) is 0. The van der Waals surface area contributed by atoms with Crippen molar-refractivity contribution in [2.45, 2.75) is 335 Å². The minimum atomic E-state index is -0.793. The van der Waals surface area contributed by atoms with Gasteiger partial charge in [0.15, 0.2) is 6.10 Å². The summed E-state index contributed by atoms with van der Waals surface area (Å²) in [5.41, 5.74) is 0. The molecule has 0 aromatic carbocycles. The number of unbranched alkanes of at least 4 members (excludes halogenated alkanes) is 34. The van der Waals surface area contributed by atoms with Crippen molar-refractivity contribution >= 4 is 17.9 Å². The van der Waals surface area contributed by atoms with Crippen LogP contribution in [0.5, 0.6) is 0 Å². The molecule has 0 aliphatic carbocycles.